The van der Waals surface area contributed by atoms with Crippen molar-refractivity contribution < 1.29 is 5.11 Å². The second kappa shape index (κ2) is 10.1. The van der Waals surface area contributed by atoms with E-state index in [4.69, 9.17) is 0 Å². The summed E-state index contributed by atoms with van der Waals surface area (Å²) in [5.74, 6) is 0. The first kappa shape index (κ1) is 16.0. The summed E-state index contributed by atoms with van der Waals surface area (Å²) in [6, 6.07) is 0. The molecule has 1 nitrogen and oxygen atoms in total. The molecule has 0 saturated heterocycles. The lowest BCUT2D eigenvalue weighted by Crippen LogP contribution is -2.27. The smallest absolute Gasteiger partial charge is 0.0645 e. The predicted molar refractivity (Wildman–Crippen MR) is 72.8 cm³/mol. The summed E-state index contributed by atoms with van der Waals surface area (Å²) in [6.07, 6.45) is 13.3. The molecule has 98 valence electrons. The highest BCUT2D eigenvalue weighted by Crippen LogP contribution is 2.24. The highest BCUT2D eigenvalue weighted by atomic mass is 16.3. The maximum Gasteiger partial charge on any atom is 0.0645 e. The average Bonchev–Trinajstić information content (AvgIpc) is 2.28. The Morgan fingerprint density at radius 2 is 1.25 bits per heavy atom. The van der Waals surface area contributed by atoms with Crippen LogP contribution >= 0.6 is 0 Å². The molecule has 0 aliphatic rings. The van der Waals surface area contributed by atoms with E-state index in [1.54, 1.807) is 0 Å². The molecule has 0 amide bonds. The molecule has 16 heavy (non-hydrogen) atoms. The fraction of sp³-hybridized carbons (Fsp3) is 1.00. The maximum atomic E-state index is 10.3. The van der Waals surface area contributed by atoms with Crippen LogP contribution in [0.5, 0.6) is 0 Å². The van der Waals surface area contributed by atoms with Crippen molar-refractivity contribution >= 4 is 0 Å². The van der Waals surface area contributed by atoms with Crippen molar-refractivity contribution in [2.75, 3.05) is 0 Å². The summed E-state index contributed by atoms with van der Waals surface area (Å²) in [4.78, 5) is 0. The Morgan fingerprint density at radius 3 is 1.75 bits per heavy atom. The topological polar surface area (TPSA) is 20.2 Å². The number of hydrogen-bond acceptors (Lipinski definition) is 1. The molecule has 0 aliphatic carbocycles. The second-order valence-corrected chi connectivity index (χ2v) is 5.20. The molecule has 0 aliphatic heterocycles. The molecule has 0 saturated carbocycles. The van der Waals surface area contributed by atoms with Gasteiger partial charge in [-0.1, -0.05) is 72.1 Å². The van der Waals surface area contributed by atoms with E-state index < -0.39 is 0 Å². The Bertz CT molecular complexity index is 144. The molecule has 0 bridgehead atoms. The normalized spacial score (nSPS) is 15.0. The van der Waals surface area contributed by atoms with Gasteiger partial charge in [-0.15, -0.1) is 0 Å². The van der Waals surface area contributed by atoms with Crippen molar-refractivity contribution in [2.24, 2.45) is 0 Å². The van der Waals surface area contributed by atoms with Crippen molar-refractivity contribution in [1.29, 1.82) is 0 Å². The first-order chi connectivity index (χ1) is 7.68. The minimum atomic E-state index is -0.363. The van der Waals surface area contributed by atoms with Crippen LogP contribution in [0.4, 0.5) is 0 Å². The average molecular weight is 228 g/mol. The van der Waals surface area contributed by atoms with Crippen LogP contribution in [0.1, 0.15) is 91.4 Å². The molecule has 0 rings (SSSR count). The van der Waals surface area contributed by atoms with Gasteiger partial charge in [-0.25, -0.2) is 0 Å². The third-order valence-electron chi connectivity index (χ3n) is 3.62. The third kappa shape index (κ3) is 8.15. The number of hydrogen-bond donors (Lipinski definition) is 1. The molecule has 0 aromatic rings. The standard InChI is InChI=1S/C15H32O/c1-4-7-8-9-10-11-12-14-15(16,6-3)13-5-2/h16H,4-14H2,1-3H3. The van der Waals surface area contributed by atoms with Gasteiger partial charge in [-0.3, -0.25) is 0 Å². The zero-order chi connectivity index (χ0) is 12.3. The van der Waals surface area contributed by atoms with E-state index in [-0.39, 0.29) is 5.60 Å². The Balaban J connectivity index is 3.41. The van der Waals surface area contributed by atoms with Crippen molar-refractivity contribution in [3.05, 3.63) is 0 Å². The van der Waals surface area contributed by atoms with Gasteiger partial charge in [-0.2, -0.15) is 0 Å². The Hall–Kier alpha value is -0.0400. The van der Waals surface area contributed by atoms with Gasteiger partial charge in [0.25, 0.3) is 0 Å². The van der Waals surface area contributed by atoms with Gasteiger partial charge >= 0.3 is 0 Å². The van der Waals surface area contributed by atoms with Crippen LogP contribution in [0.15, 0.2) is 0 Å². The van der Waals surface area contributed by atoms with Crippen LogP contribution in [-0.4, -0.2) is 10.7 Å². The Kier molecular flexibility index (Phi) is 10.1. The molecule has 1 heteroatoms. The molecule has 0 fully saturated rings. The van der Waals surface area contributed by atoms with Crippen LogP contribution in [0.25, 0.3) is 0 Å². The van der Waals surface area contributed by atoms with Gasteiger partial charge in [0.05, 0.1) is 5.60 Å². The Labute approximate surface area is 103 Å². The van der Waals surface area contributed by atoms with E-state index in [0.717, 1.165) is 25.7 Å². The molecule has 0 spiro atoms. The van der Waals surface area contributed by atoms with Crippen LogP contribution in [-0.2, 0) is 0 Å². The van der Waals surface area contributed by atoms with Crippen LogP contribution < -0.4 is 0 Å². The highest BCUT2D eigenvalue weighted by Gasteiger charge is 2.22. The zero-order valence-corrected chi connectivity index (χ0v) is 11.7. The largest absolute Gasteiger partial charge is 0.390 e. The van der Waals surface area contributed by atoms with E-state index in [1.165, 1.54) is 44.9 Å². The van der Waals surface area contributed by atoms with Gasteiger partial charge in [0.1, 0.15) is 0 Å². The molecule has 0 aromatic heterocycles. The van der Waals surface area contributed by atoms with Gasteiger partial charge < -0.3 is 5.11 Å². The zero-order valence-electron chi connectivity index (χ0n) is 11.7. The number of unbranched alkanes of at least 4 members (excludes halogenated alkanes) is 6. The first-order valence-electron chi connectivity index (χ1n) is 7.41. The van der Waals surface area contributed by atoms with Gasteiger partial charge in [0.2, 0.25) is 0 Å². The summed E-state index contributed by atoms with van der Waals surface area (Å²) in [6.45, 7) is 6.52. The second-order valence-electron chi connectivity index (χ2n) is 5.20. The van der Waals surface area contributed by atoms with E-state index in [2.05, 4.69) is 20.8 Å². The van der Waals surface area contributed by atoms with Gasteiger partial charge in [0.15, 0.2) is 0 Å². The SMILES string of the molecule is CCCCCCCCCC(O)(CC)CCC. The molecule has 1 atom stereocenters. The lowest BCUT2D eigenvalue weighted by molar-refractivity contribution is 0.0158. The molecule has 1 unspecified atom stereocenters. The summed E-state index contributed by atoms with van der Waals surface area (Å²) in [7, 11) is 0. The predicted octanol–water partition coefficient (Wildman–Crippen LogP) is 5.07. The third-order valence-corrected chi connectivity index (χ3v) is 3.62. The van der Waals surface area contributed by atoms with Crippen molar-refractivity contribution in [3.63, 3.8) is 0 Å². The highest BCUT2D eigenvalue weighted by molar-refractivity contribution is 4.75. The van der Waals surface area contributed by atoms with Crippen LogP contribution in [0.3, 0.4) is 0 Å². The van der Waals surface area contributed by atoms with E-state index in [9.17, 15) is 5.11 Å². The molecule has 0 radical (unpaired) electrons. The fourth-order valence-corrected chi connectivity index (χ4v) is 2.36. The van der Waals surface area contributed by atoms with Crippen molar-refractivity contribution in [2.45, 2.75) is 97.0 Å². The number of rotatable bonds is 11. The molecule has 0 heterocycles. The van der Waals surface area contributed by atoms with E-state index in [1.807, 2.05) is 0 Å². The first-order valence-corrected chi connectivity index (χ1v) is 7.41. The van der Waals surface area contributed by atoms with Gasteiger partial charge in [-0.05, 0) is 19.3 Å². The maximum absolute atomic E-state index is 10.3. The van der Waals surface area contributed by atoms with E-state index in [0.29, 0.717) is 0 Å². The monoisotopic (exact) mass is 228 g/mol. The number of aliphatic hydroxyl groups is 1. The molecule has 0 aromatic carbocycles. The van der Waals surface area contributed by atoms with Crippen molar-refractivity contribution in [1.82, 2.24) is 0 Å². The fourth-order valence-electron chi connectivity index (χ4n) is 2.36. The quantitative estimate of drug-likeness (QED) is 0.490. The molecule has 1 N–H and O–H groups in total. The van der Waals surface area contributed by atoms with E-state index >= 15 is 0 Å². The molecular weight excluding hydrogens is 196 g/mol. The lowest BCUT2D eigenvalue weighted by Gasteiger charge is -2.26. The summed E-state index contributed by atoms with van der Waals surface area (Å²) in [5, 5.41) is 10.3. The minimum Gasteiger partial charge on any atom is -0.390 e. The summed E-state index contributed by atoms with van der Waals surface area (Å²) < 4.78 is 0. The lowest BCUT2D eigenvalue weighted by atomic mass is 9.89. The Morgan fingerprint density at radius 1 is 0.688 bits per heavy atom. The summed E-state index contributed by atoms with van der Waals surface area (Å²) in [5.41, 5.74) is -0.363. The van der Waals surface area contributed by atoms with Crippen LogP contribution in [0, 0.1) is 0 Å². The van der Waals surface area contributed by atoms with Crippen molar-refractivity contribution in [3.8, 4) is 0 Å². The molecular formula is C15H32O. The van der Waals surface area contributed by atoms with Gasteiger partial charge in [0, 0.05) is 0 Å². The minimum absolute atomic E-state index is 0.363. The van der Waals surface area contributed by atoms with Crippen LogP contribution in [0.2, 0.25) is 0 Å². The summed E-state index contributed by atoms with van der Waals surface area (Å²) >= 11 is 0.